The van der Waals surface area contributed by atoms with E-state index in [1.807, 2.05) is 12.1 Å². The molecule has 56 heavy (non-hydrogen) atoms. The Hall–Kier alpha value is -7.04. The van der Waals surface area contributed by atoms with Crippen LogP contribution in [0.2, 0.25) is 0 Å². The minimum Gasteiger partial charge on any atom is -0.399 e. The number of hydrogen-bond acceptors (Lipinski definition) is 4. The summed E-state index contributed by atoms with van der Waals surface area (Å²) in [7, 11) is 0. The molecule has 2 aliphatic rings. The van der Waals surface area contributed by atoms with Gasteiger partial charge in [0.25, 0.3) is 0 Å². The Morgan fingerprint density at radius 2 is 0.625 bits per heavy atom. The average molecular weight is 721 g/mol. The van der Waals surface area contributed by atoms with Crippen LogP contribution in [0.4, 0.5) is 22.7 Å². The van der Waals surface area contributed by atoms with E-state index < -0.39 is 0 Å². The molecule has 0 saturated heterocycles. The SMILES string of the molecule is Cc1cc(-c2ccc(N3C=c4ccc5c6ccc7c8c(ccc(c9ccc(c4c59)=C3)c86)=CN(c3ccc(-c4ccc(N)c(C)c4)cc3C)C=7)c(C)c2)ccc1N. The molecular formula is C52H40N4. The van der Waals surface area contributed by atoms with Gasteiger partial charge in [-0.15, -0.1) is 0 Å². The van der Waals surface area contributed by atoms with Crippen LogP contribution in [0.5, 0.6) is 0 Å². The molecule has 4 nitrogen and oxygen atoms in total. The predicted octanol–water partition coefficient (Wildman–Crippen LogP) is 9.46. The minimum atomic E-state index is 0.824. The van der Waals surface area contributed by atoms with E-state index in [1.54, 1.807) is 0 Å². The maximum atomic E-state index is 6.11. The van der Waals surface area contributed by atoms with Gasteiger partial charge in [0.05, 0.1) is 0 Å². The molecule has 4 N–H and O–H groups in total. The van der Waals surface area contributed by atoms with Gasteiger partial charge in [0.1, 0.15) is 0 Å². The van der Waals surface area contributed by atoms with Crippen LogP contribution >= 0.6 is 0 Å². The fourth-order valence-electron chi connectivity index (χ4n) is 9.34. The van der Waals surface area contributed by atoms with E-state index in [0.29, 0.717) is 0 Å². The van der Waals surface area contributed by atoms with Crippen molar-refractivity contribution in [3.05, 3.63) is 164 Å². The molecule has 0 bridgehead atoms. The second-order valence-electron chi connectivity index (χ2n) is 15.8. The van der Waals surface area contributed by atoms with Crippen LogP contribution < -0.4 is 42.1 Å². The Bertz CT molecular complexity index is 3100. The molecule has 0 amide bonds. The molecule has 0 spiro atoms. The standard InChI is InChI=1S/C52H40N4/c1-29-21-33(9-17-45(29)53)35-11-19-47(31(3)23-35)55-25-37-5-13-41-43-15-7-39-27-56(48-20-12-36(24-32(48)4)34-10-18-46(54)30(2)22-34)28-40-8-16-44(52(43)50(39)40)42-14-6-38(26-55)49(37)51(41)42/h5-28H,53-54H2,1-4H3. The van der Waals surface area contributed by atoms with E-state index in [2.05, 4.69) is 171 Å². The van der Waals surface area contributed by atoms with Crippen LogP contribution in [0, 0.1) is 27.7 Å². The first kappa shape index (κ1) is 32.4. The number of hydrogen-bond donors (Lipinski definition) is 2. The van der Waals surface area contributed by atoms with Gasteiger partial charge in [-0.2, -0.15) is 0 Å². The highest BCUT2D eigenvalue weighted by molar-refractivity contribution is 6.33. The first-order valence-corrected chi connectivity index (χ1v) is 19.3. The average Bonchev–Trinajstić information content (AvgIpc) is 3.20. The number of fused-ring (bicyclic) bond motifs is 2. The van der Waals surface area contributed by atoms with Gasteiger partial charge in [0, 0.05) is 58.3 Å². The molecule has 268 valence electrons. The molecular weight excluding hydrogens is 681 g/mol. The lowest BCUT2D eigenvalue weighted by molar-refractivity contribution is 1.33. The van der Waals surface area contributed by atoms with Crippen molar-refractivity contribution in [1.82, 2.24) is 0 Å². The summed E-state index contributed by atoms with van der Waals surface area (Å²) in [6.07, 6.45) is 9.19. The van der Waals surface area contributed by atoms with E-state index in [9.17, 15) is 0 Å². The monoisotopic (exact) mass is 720 g/mol. The van der Waals surface area contributed by atoms with Gasteiger partial charge in [0.2, 0.25) is 0 Å². The molecule has 9 aromatic rings. The second-order valence-corrected chi connectivity index (χ2v) is 15.8. The van der Waals surface area contributed by atoms with E-state index in [0.717, 1.165) is 22.5 Å². The third kappa shape index (κ3) is 4.72. The van der Waals surface area contributed by atoms with Crippen molar-refractivity contribution in [2.45, 2.75) is 27.7 Å². The number of benzene rings is 9. The number of aryl methyl sites for hydroxylation is 4. The van der Waals surface area contributed by atoms with E-state index in [4.69, 9.17) is 11.5 Å². The molecule has 0 aromatic heterocycles. The van der Waals surface area contributed by atoms with Crippen LogP contribution in [-0.2, 0) is 0 Å². The highest BCUT2D eigenvalue weighted by Gasteiger charge is 2.20. The Labute approximate surface area is 325 Å². The van der Waals surface area contributed by atoms with Gasteiger partial charge in [-0.1, -0.05) is 72.8 Å². The maximum absolute atomic E-state index is 6.11. The molecule has 4 heteroatoms. The summed E-state index contributed by atoms with van der Waals surface area (Å²) in [5.41, 5.74) is 25.6. The van der Waals surface area contributed by atoms with Crippen molar-refractivity contribution in [3.63, 3.8) is 0 Å². The zero-order valence-corrected chi connectivity index (χ0v) is 31.9. The number of rotatable bonds is 4. The Morgan fingerprint density at radius 3 is 0.929 bits per heavy atom. The fourth-order valence-corrected chi connectivity index (χ4v) is 9.34. The molecule has 2 heterocycles. The highest BCUT2D eigenvalue weighted by Crippen LogP contribution is 2.38. The quantitative estimate of drug-likeness (QED) is 0.108. The van der Waals surface area contributed by atoms with Gasteiger partial charge in [0.15, 0.2) is 0 Å². The molecule has 0 atom stereocenters. The molecule has 0 unspecified atom stereocenters. The van der Waals surface area contributed by atoms with Gasteiger partial charge < -0.3 is 21.3 Å². The number of nitrogens with two attached hydrogens (primary N) is 2. The first-order valence-electron chi connectivity index (χ1n) is 19.3. The third-order valence-corrected chi connectivity index (χ3v) is 12.3. The summed E-state index contributed by atoms with van der Waals surface area (Å²) < 4.78 is 0. The Balaban J connectivity index is 1.01. The van der Waals surface area contributed by atoms with Crippen molar-refractivity contribution in [2.75, 3.05) is 21.3 Å². The zero-order valence-electron chi connectivity index (χ0n) is 31.9. The normalized spacial score (nSPS) is 13.3. The second kappa shape index (κ2) is 11.7. The number of anilines is 4. The fraction of sp³-hybridized carbons (Fsp3) is 0.0769. The van der Waals surface area contributed by atoms with Gasteiger partial charge in [-0.05, 0) is 174 Å². The van der Waals surface area contributed by atoms with Crippen molar-refractivity contribution in [1.29, 1.82) is 0 Å². The highest BCUT2D eigenvalue weighted by atomic mass is 15.1. The van der Waals surface area contributed by atoms with Crippen LogP contribution in [0.15, 0.2) is 121 Å². The summed E-state index contributed by atoms with van der Waals surface area (Å²) in [6, 6.07) is 44.6. The van der Waals surface area contributed by atoms with Gasteiger partial charge in [-0.25, -0.2) is 0 Å². The predicted molar refractivity (Wildman–Crippen MR) is 240 cm³/mol. The Kier molecular flexibility index (Phi) is 6.79. The topological polar surface area (TPSA) is 58.5 Å². The van der Waals surface area contributed by atoms with Crippen molar-refractivity contribution in [3.8, 4) is 22.3 Å². The van der Waals surface area contributed by atoms with Crippen molar-refractivity contribution < 1.29 is 0 Å². The lowest BCUT2D eigenvalue weighted by Gasteiger charge is -2.25. The van der Waals surface area contributed by atoms with Crippen molar-refractivity contribution >= 4 is 90.6 Å². The molecule has 0 aliphatic carbocycles. The van der Waals surface area contributed by atoms with Gasteiger partial charge in [-0.3, -0.25) is 0 Å². The van der Waals surface area contributed by atoms with Gasteiger partial charge >= 0.3 is 0 Å². The Morgan fingerprint density at radius 1 is 0.321 bits per heavy atom. The van der Waals surface area contributed by atoms with Crippen LogP contribution in [0.1, 0.15) is 22.3 Å². The minimum absolute atomic E-state index is 0.824. The van der Waals surface area contributed by atoms with E-state index in [1.165, 1.54) is 109 Å². The smallest absolute Gasteiger partial charge is 0.0479 e. The zero-order chi connectivity index (χ0) is 38.0. The lowest BCUT2D eigenvalue weighted by Crippen LogP contribution is -2.28. The number of nitrogen functional groups attached to an aromatic ring is 2. The molecule has 11 rings (SSSR count). The van der Waals surface area contributed by atoms with Crippen LogP contribution in [-0.4, -0.2) is 0 Å². The first-order chi connectivity index (χ1) is 27.2. The molecule has 0 radical (unpaired) electrons. The molecule has 9 aromatic carbocycles. The van der Waals surface area contributed by atoms with E-state index >= 15 is 0 Å². The molecule has 2 aliphatic heterocycles. The lowest BCUT2D eigenvalue weighted by atomic mass is 9.87. The summed E-state index contributed by atoms with van der Waals surface area (Å²) in [5.74, 6) is 0. The summed E-state index contributed by atoms with van der Waals surface area (Å²) in [4.78, 5) is 4.58. The summed E-state index contributed by atoms with van der Waals surface area (Å²) in [5, 5.41) is 15.5. The molecule has 0 fully saturated rings. The largest absolute Gasteiger partial charge is 0.399 e. The summed E-state index contributed by atoms with van der Waals surface area (Å²) >= 11 is 0. The summed E-state index contributed by atoms with van der Waals surface area (Å²) in [6.45, 7) is 8.52. The third-order valence-electron chi connectivity index (χ3n) is 12.3. The van der Waals surface area contributed by atoms with Crippen LogP contribution in [0.3, 0.4) is 0 Å². The maximum Gasteiger partial charge on any atom is 0.0479 e. The molecule has 0 saturated carbocycles. The number of nitrogens with zero attached hydrogens (tertiary/aromatic N) is 2. The van der Waals surface area contributed by atoms with Crippen LogP contribution in [0.25, 0.3) is 90.1 Å². The van der Waals surface area contributed by atoms with E-state index in [-0.39, 0.29) is 0 Å². The van der Waals surface area contributed by atoms with Crippen molar-refractivity contribution in [2.24, 2.45) is 0 Å².